The predicted octanol–water partition coefficient (Wildman–Crippen LogP) is 4.41. The molecule has 0 bridgehead atoms. The van der Waals surface area contributed by atoms with Crippen LogP contribution in [0.3, 0.4) is 0 Å². The number of hydrogen-bond donors (Lipinski definition) is 1. The number of nitrogens with one attached hydrogen (secondary N) is 1. The summed E-state index contributed by atoms with van der Waals surface area (Å²) in [6, 6.07) is 5.70. The van der Waals surface area contributed by atoms with Crippen LogP contribution in [0.15, 0.2) is 36.8 Å². The molecular weight excluding hydrogens is 405 g/mol. The van der Waals surface area contributed by atoms with E-state index >= 15 is 0 Å². The number of likely N-dealkylation sites (N-methyl/N-ethyl adjacent to an activating group) is 1. The maximum absolute atomic E-state index is 14.6. The lowest BCUT2D eigenvalue weighted by molar-refractivity contribution is 0.146. The smallest absolute Gasteiger partial charge is 0.266 e. The average molecular weight is 430 g/mol. The van der Waals surface area contributed by atoms with Crippen molar-refractivity contribution in [1.29, 1.82) is 0 Å². The molecule has 31 heavy (non-hydrogen) atoms. The van der Waals surface area contributed by atoms with Crippen molar-refractivity contribution >= 4 is 22.5 Å². The minimum atomic E-state index is -2.87. The van der Waals surface area contributed by atoms with Gasteiger partial charge in [0.25, 0.3) is 6.43 Å². The second kappa shape index (κ2) is 8.66. The van der Waals surface area contributed by atoms with Gasteiger partial charge in [-0.3, -0.25) is 0 Å². The van der Waals surface area contributed by atoms with Crippen LogP contribution in [0.1, 0.15) is 37.4 Å². The molecular formula is C22H25F3N6. The van der Waals surface area contributed by atoms with E-state index in [1.807, 2.05) is 6.07 Å². The quantitative estimate of drug-likeness (QED) is 0.647. The summed E-state index contributed by atoms with van der Waals surface area (Å²) in [5.41, 5.74) is 0.206. The number of benzene rings is 1. The van der Waals surface area contributed by atoms with Gasteiger partial charge in [0.2, 0.25) is 0 Å². The lowest BCUT2D eigenvalue weighted by Crippen LogP contribution is -2.50. The van der Waals surface area contributed by atoms with Gasteiger partial charge in [0.05, 0.1) is 23.3 Å². The van der Waals surface area contributed by atoms with Crippen molar-refractivity contribution in [3.8, 4) is 0 Å². The molecule has 0 unspecified atom stereocenters. The monoisotopic (exact) mass is 430 g/mol. The molecule has 6 nitrogen and oxygen atoms in total. The summed E-state index contributed by atoms with van der Waals surface area (Å²) in [4.78, 5) is 17.7. The van der Waals surface area contributed by atoms with Gasteiger partial charge >= 0.3 is 0 Å². The van der Waals surface area contributed by atoms with Gasteiger partial charge in [-0.2, -0.15) is 0 Å². The minimum Gasteiger partial charge on any atom is -0.363 e. The summed E-state index contributed by atoms with van der Waals surface area (Å²) >= 11 is 0. The van der Waals surface area contributed by atoms with Gasteiger partial charge in [-0.1, -0.05) is 18.2 Å². The first-order chi connectivity index (χ1) is 14.8. The molecule has 1 aliphatic rings. The molecule has 1 saturated heterocycles. The van der Waals surface area contributed by atoms with Crippen LogP contribution in [0.5, 0.6) is 0 Å². The van der Waals surface area contributed by atoms with Crippen LogP contribution in [-0.4, -0.2) is 52.6 Å². The van der Waals surface area contributed by atoms with E-state index in [2.05, 4.69) is 44.0 Å². The standard InChI is InChI=1S/C22H25F3N6/c1-13-11-30(3)7-8-31(13)19-9-17-18(10-26-19)27-12-28-22(17)29-14(2)15-5-4-6-16(20(15)23)21(24)25/h4-6,9-10,12-14,21H,7-8,11H2,1-3H3,(H,27,28,29)/t13-,14+/m0/s1. The van der Waals surface area contributed by atoms with Gasteiger partial charge < -0.3 is 15.1 Å². The number of hydrogen-bond acceptors (Lipinski definition) is 6. The molecule has 3 heterocycles. The van der Waals surface area contributed by atoms with Crippen LogP contribution in [0.25, 0.3) is 10.9 Å². The fraction of sp³-hybridized carbons (Fsp3) is 0.409. The summed E-state index contributed by atoms with van der Waals surface area (Å²) in [6.45, 7) is 6.61. The Bertz CT molecular complexity index is 1080. The molecule has 9 heteroatoms. The Hall–Kier alpha value is -2.94. The van der Waals surface area contributed by atoms with Crippen molar-refractivity contribution in [1.82, 2.24) is 19.9 Å². The summed E-state index contributed by atoms with van der Waals surface area (Å²) in [6.07, 6.45) is 0.236. The van der Waals surface area contributed by atoms with Crippen LogP contribution < -0.4 is 10.2 Å². The molecule has 3 aromatic rings. The average Bonchev–Trinajstić information content (AvgIpc) is 2.73. The number of rotatable bonds is 5. The fourth-order valence-electron chi connectivity index (χ4n) is 4.05. The van der Waals surface area contributed by atoms with Crippen LogP contribution in [0, 0.1) is 5.82 Å². The Morgan fingerprint density at radius 3 is 2.65 bits per heavy atom. The van der Waals surface area contributed by atoms with E-state index in [1.165, 1.54) is 18.5 Å². The van der Waals surface area contributed by atoms with Crippen molar-refractivity contribution in [2.45, 2.75) is 32.4 Å². The first-order valence-corrected chi connectivity index (χ1v) is 10.2. The Morgan fingerprint density at radius 2 is 1.90 bits per heavy atom. The molecule has 1 aliphatic heterocycles. The number of piperazine rings is 1. The number of alkyl halides is 2. The zero-order valence-corrected chi connectivity index (χ0v) is 17.7. The van der Waals surface area contributed by atoms with E-state index in [4.69, 9.17) is 0 Å². The highest BCUT2D eigenvalue weighted by Gasteiger charge is 2.24. The van der Waals surface area contributed by atoms with Crippen molar-refractivity contribution in [2.24, 2.45) is 0 Å². The highest BCUT2D eigenvalue weighted by Crippen LogP contribution is 2.31. The largest absolute Gasteiger partial charge is 0.363 e. The number of fused-ring (bicyclic) bond motifs is 1. The summed E-state index contributed by atoms with van der Waals surface area (Å²) < 4.78 is 40.8. The first kappa shape index (κ1) is 21.3. The second-order valence-corrected chi connectivity index (χ2v) is 8.00. The normalized spacial score (nSPS) is 18.5. The maximum atomic E-state index is 14.6. The van der Waals surface area contributed by atoms with Gasteiger partial charge in [-0.05, 0) is 27.0 Å². The topological polar surface area (TPSA) is 57.2 Å². The number of pyridine rings is 1. The lowest BCUT2D eigenvalue weighted by atomic mass is 10.0. The molecule has 0 saturated carbocycles. The number of anilines is 2. The Morgan fingerprint density at radius 1 is 1.13 bits per heavy atom. The molecule has 2 aromatic heterocycles. The van der Waals surface area contributed by atoms with Gasteiger partial charge in [0.15, 0.2) is 0 Å². The van der Waals surface area contributed by atoms with E-state index in [0.29, 0.717) is 17.4 Å². The van der Waals surface area contributed by atoms with E-state index in [1.54, 1.807) is 13.1 Å². The van der Waals surface area contributed by atoms with E-state index < -0.39 is 23.8 Å². The molecule has 2 atom stereocenters. The molecule has 0 radical (unpaired) electrons. The third kappa shape index (κ3) is 4.27. The van der Waals surface area contributed by atoms with Crippen molar-refractivity contribution < 1.29 is 13.2 Å². The Balaban J connectivity index is 1.66. The zero-order valence-electron chi connectivity index (χ0n) is 17.7. The van der Waals surface area contributed by atoms with Crippen LogP contribution in [-0.2, 0) is 0 Å². The highest BCUT2D eigenvalue weighted by molar-refractivity contribution is 5.90. The van der Waals surface area contributed by atoms with Crippen molar-refractivity contribution in [3.63, 3.8) is 0 Å². The maximum Gasteiger partial charge on any atom is 0.266 e. The molecule has 1 fully saturated rings. The molecule has 1 aromatic carbocycles. The van der Waals surface area contributed by atoms with Crippen LogP contribution >= 0.6 is 0 Å². The molecule has 164 valence electrons. The first-order valence-electron chi connectivity index (χ1n) is 10.2. The van der Waals surface area contributed by atoms with Gasteiger partial charge in [0.1, 0.15) is 23.8 Å². The third-order valence-electron chi connectivity index (χ3n) is 5.75. The summed E-state index contributed by atoms with van der Waals surface area (Å²) in [5.74, 6) is 0.429. The summed E-state index contributed by atoms with van der Waals surface area (Å²) in [7, 11) is 2.10. The van der Waals surface area contributed by atoms with Crippen molar-refractivity contribution in [2.75, 3.05) is 36.9 Å². The molecule has 0 aliphatic carbocycles. The van der Waals surface area contributed by atoms with E-state index in [9.17, 15) is 13.2 Å². The van der Waals surface area contributed by atoms with Gasteiger partial charge in [0, 0.05) is 36.6 Å². The fourth-order valence-corrected chi connectivity index (χ4v) is 4.05. The lowest BCUT2D eigenvalue weighted by Gasteiger charge is -2.39. The summed E-state index contributed by atoms with van der Waals surface area (Å²) in [5, 5.41) is 3.91. The van der Waals surface area contributed by atoms with Gasteiger partial charge in [-0.25, -0.2) is 28.1 Å². The Kier molecular flexibility index (Phi) is 5.95. The molecule has 1 N–H and O–H groups in total. The number of nitrogens with zero attached hydrogens (tertiary/aromatic N) is 5. The Labute approximate surface area is 179 Å². The number of halogens is 3. The third-order valence-corrected chi connectivity index (χ3v) is 5.75. The second-order valence-electron chi connectivity index (χ2n) is 8.00. The molecule has 0 spiro atoms. The minimum absolute atomic E-state index is 0.159. The van der Waals surface area contributed by atoms with Crippen LogP contribution in [0.2, 0.25) is 0 Å². The SMILES string of the molecule is C[C@@H](Nc1ncnc2cnc(N3CCN(C)C[C@@H]3C)cc12)c1cccc(C(F)F)c1F. The molecule has 4 rings (SSSR count). The van der Waals surface area contributed by atoms with Crippen LogP contribution in [0.4, 0.5) is 24.8 Å². The van der Waals surface area contributed by atoms with Gasteiger partial charge in [-0.15, -0.1) is 0 Å². The highest BCUT2D eigenvalue weighted by atomic mass is 19.3. The van der Waals surface area contributed by atoms with Crippen molar-refractivity contribution in [3.05, 3.63) is 53.7 Å². The molecule has 0 amide bonds. The van der Waals surface area contributed by atoms with E-state index in [-0.39, 0.29) is 5.56 Å². The zero-order chi connectivity index (χ0) is 22.1. The van der Waals surface area contributed by atoms with E-state index in [0.717, 1.165) is 36.9 Å². The number of aromatic nitrogens is 3. The predicted molar refractivity (Wildman–Crippen MR) is 115 cm³/mol.